The lowest BCUT2D eigenvalue weighted by atomic mass is 10.2. The summed E-state index contributed by atoms with van der Waals surface area (Å²) in [6.45, 7) is 9.98. The number of rotatable bonds is 4. The van der Waals surface area contributed by atoms with Crippen molar-refractivity contribution >= 4 is 20.1 Å². The number of aliphatic hydroxyl groups is 1. The smallest absolute Gasteiger partial charge is 0.273 e. The van der Waals surface area contributed by atoms with E-state index in [2.05, 4.69) is 74.4 Å². The van der Waals surface area contributed by atoms with Crippen molar-refractivity contribution in [3.8, 4) is 46.3 Å². The molecule has 2 amide bonds. The number of amides is 2. The number of aliphatic hydroxyl groups excluding tert-OH is 1. The Morgan fingerprint density at radius 1 is 0.633 bits per heavy atom. The summed E-state index contributed by atoms with van der Waals surface area (Å²) in [7, 11) is -2.27. The van der Waals surface area contributed by atoms with E-state index >= 15 is 0 Å². The van der Waals surface area contributed by atoms with E-state index < -0.39 is 38.8 Å². The highest BCUT2D eigenvalue weighted by molar-refractivity contribution is 6.74. The summed E-state index contributed by atoms with van der Waals surface area (Å²) in [6.07, 6.45) is 7.42. The van der Waals surface area contributed by atoms with Crippen LogP contribution in [-0.2, 0) is 4.43 Å². The van der Waals surface area contributed by atoms with Crippen LogP contribution in [0.2, 0.25) is 18.1 Å². The number of nitrogens with zero attached hydrogens (tertiary/aromatic N) is 6. The lowest BCUT2D eigenvalue weighted by molar-refractivity contribution is 0.0894. The van der Waals surface area contributed by atoms with Crippen LogP contribution in [0.4, 0.5) is 0 Å². The van der Waals surface area contributed by atoms with Gasteiger partial charge in [0.15, 0.2) is 42.5 Å². The van der Waals surface area contributed by atoms with E-state index in [-0.39, 0.29) is 81.2 Å². The van der Waals surface area contributed by atoms with E-state index in [1.54, 1.807) is 0 Å². The molecule has 0 saturated carbocycles. The summed E-state index contributed by atoms with van der Waals surface area (Å²) in [6, 6.07) is -1.89. The van der Waals surface area contributed by atoms with Crippen molar-refractivity contribution < 1.29 is 45.6 Å². The maximum Gasteiger partial charge on any atom is 0.273 e. The zero-order valence-corrected chi connectivity index (χ0v) is 27.8. The Morgan fingerprint density at radius 2 is 1.00 bits per heavy atom. The first-order chi connectivity index (χ1) is 23.4. The molecule has 6 aromatic heterocycles. The van der Waals surface area contributed by atoms with E-state index in [0.717, 1.165) is 6.26 Å². The van der Waals surface area contributed by atoms with Crippen LogP contribution in [0.3, 0.4) is 0 Å². The second-order valence-corrected chi connectivity index (χ2v) is 17.4. The van der Waals surface area contributed by atoms with Crippen LogP contribution < -0.4 is 10.6 Å². The molecule has 19 heteroatoms. The predicted molar refractivity (Wildman–Crippen MR) is 166 cm³/mol. The maximum atomic E-state index is 13.5. The van der Waals surface area contributed by atoms with Gasteiger partial charge in [-0.1, -0.05) is 20.8 Å². The number of fused-ring (bicyclic) bond motifs is 16. The van der Waals surface area contributed by atoms with Crippen molar-refractivity contribution in [3.05, 3.63) is 60.7 Å². The molecule has 0 aliphatic carbocycles. The molecule has 1 aliphatic heterocycles. The van der Waals surface area contributed by atoms with E-state index in [0.29, 0.717) is 0 Å². The van der Waals surface area contributed by atoms with E-state index in [9.17, 15) is 14.7 Å². The van der Waals surface area contributed by atoms with Crippen LogP contribution in [0.25, 0.3) is 46.3 Å². The van der Waals surface area contributed by atoms with Crippen LogP contribution in [0.5, 0.6) is 0 Å². The minimum atomic E-state index is -2.27. The summed E-state index contributed by atoms with van der Waals surface area (Å²) in [5.41, 5.74) is 0.559. The second-order valence-electron chi connectivity index (χ2n) is 12.6. The third kappa shape index (κ3) is 6.21. The number of nitrogens with one attached hydrogen (secondary N) is 2. The second kappa shape index (κ2) is 12.1. The molecule has 0 saturated heterocycles. The Labute approximate surface area is 277 Å². The van der Waals surface area contributed by atoms with Crippen molar-refractivity contribution in [2.45, 2.75) is 51.0 Å². The van der Waals surface area contributed by atoms with Crippen LogP contribution in [0.15, 0.2) is 64.1 Å². The Balaban J connectivity index is 1.26. The average Bonchev–Trinajstić information content (AvgIpc) is 3.91. The third-order valence-electron chi connectivity index (χ3n) is 8.21. The standard InChI is InChI=1S/C30H30N8O10Si/c1-30(2,3)49(4,5)48-13-21-29-38-20(12-47-29)28-37-17(11-46-28)25-33-15(7-42-25)22(40)31-14(6-39)24-35-19(9-44-24)27-36-18(10-45-27)26-34-16(8-43-26)23(41)32-21/h7-12,14,21,39H,6,13H2,1-5H3,(H,31,40)(H,32,41)/t14-,21?/m0/s1. The number of carbonyl (C=O) groups excluding carboxylic acids is 2. The van der Waals surface area contributed by atoms with Gasteiger partial charge in [0.25, 0.3) is 11.8 Å². The van der Waals surface area contributed by atoms with Crippen molar-refractivity contribution in [1.82, 2.24) is 40.5 Å². The monoisotopic (exact) mass is 690 g/mol. The zero-order valence-electron chi connectivity index (χ0n) is 26.8. The Hall–Kier alpha value is -5.66. The van der Waals surface area contributed by atoms with E-state index in [1.165, 1.54) is 31.3 Å². The van der Waals surface area contributed by atoms with Crippen molar-refractivity contribution in [2.75, 3.05) is 13.2 Å². The van der Waals surface area contributed by atoms with Gasteiger partial charge in [-0.25, -0.2) is 29.9 Å². The SMILES string of the molecule is CC(C)(C)[Si](C)(C)OCC1NC(=O)c2coc(n2)-c2coc(n2)-c2coc(n2)[C@H](CO)NC(=O)c2coc(n2)-c2coc(n2)-c2coc1n2. The number of hydrogen-bond donors (Lipinski definition) is 3. The molecule has 7 rings (SSSR count). The maximum absolute atomic E-state index is 13.5. The van der Waals surface area contributed by atoms with Crippen LogP contribution in [0, 0.1) is 0 Å². The molecule has 12 bridgehead atoms. The highest BCUT2D eigenvalue weighted by Gasteiger charge is 2.38. The van der Waals surface area contributed by atoms with Crippen LogP contribution in [-0.4, -0.2) is 68.4 Å². The van der Waals surface area contributed by atoms with Gasteiger partial charge in [-0.05, 0) is 18.1 Å². The first-order valence-electron chi connectivity index (χ1n) is 15.0. The fourth-order valence-electron chi connectivity index (χ4n) is 4.40. The Morgan fingerprint density at radius 3 is 1.45 bits per heavy atom. The molecule has 2 atom stereocenters. The molecule has 3 N–H and O–H groups in total. The molecule has 49 heavy (non-hydrogen) atoms. The van der Waals surface area contributed by atoms with Gasteiger partial charge in [0.1, 0.15) is 49.7 Å². The largest absolute Gasteiger partial charge is 0.446 e. The minimum Gasteiger partial charge on any atom is -0.446 e. The van der Waals surface area contributed by atoms with Gasteiger partial charge in [-0.2, -0.15) is 0 Å². The summed E-state index contributed by atoms with van der Waals surface area (Å²) in [5.74, 6) is -1.10. The highest BCUT2D eigenvalue weighted by atomic mass is 28.4. The predicted octanol–water partition coefficient (Wildman–Crippen LogP) is 4.55. The minimum absolute atomic E-state index is 0.00187. The first-order valence-corrected chi connectivity index (χ1v) is 17.9. The Kier molecular flexibility index (Phi) is 7.88. The highest BCUT2D eigenvalue weighted by Crippen LogP contribution is 2.37. The molecule has 7 heterocycles. The molecular weight excluding hydrogens is 660 g/mol. The molecule has 18 nitrogen and oxygen atoms in total. The van der Waals surface area contributed by atoms with Crippen LogP contribution in [0.1, 0.15) is 65.6 Å². The lowest BCUT2D eigenvalue weighted by Crippen LogP contribution is -2.43. The van der Waals surface area contributed by atoms with Gasteiger partial charge in [0.05, 0.1) is 13.2 Å². The number of oxazole rings is 6. The third-order valence-corrected chi connectivity index (χ3v) is 12.7. The van der Waals surface area contributed by atoms with Gasteiger partial charge in [0.2, 0.25) is 35.3 Å². The number of carbonyl (C=O) groups is 2. The fourth-order valence-corrected chi connectivity index (χ4v) is 5.41. The normalized spacial score (nSPS) is 17.0. The molecule has 1 aliphatic rings. The molecule has 0 fully saturated rings. The molecule has 6 aromatic rings. The van der Waals surface area contributed by atoms with Gasteiger partial charge < -0.3 is 46.7 Å². The summed E-state index contributed by atoms with van der Waals surface area (Å²) >= 11 is 0. The first kappa shape index (κ1) is 31.9. The van der Waals surface area contributed by atoms with Crippen molar-refractivity contribution in [1.29, 1.82) is 0 Å². The van der Waals surface area contributed by atoms with Gasteiger partial charge in [-0.3, -0.25) is 9.59 Å². The van der Waals surface area contributed by atoms with Crippen LogP contribution >= 0.6 is 0 Å². The topological polar surface area (TPSA) is 244 Å². The van der Waals surface area contributed by atoms with Gasteiger partial charge in [-0.15, -0.1) is 0 Å². The summed E-state index contributed by atoms with van der Waals surface area (Å²) in [5, 5.41) is 15.3. The van der Waals surface area contributed by atoms with Gasteiger partial charge in [0, 0.05) is 0 Å². The zero-order chi connectivity index (χ0) is 34.5. The quantitative estimate of drug-likeness (QED) is 0.215. The fraction of sp³-hybridized carbons (Fsp3) is 0.333. The molecule has 0 radical (unpaired) electrons. The van der Waals surface area contributed by atoms with Crippen molar-refractivity contribution in [3.63, 3.8) is 0 Å². The summed E-state index contributed by atoms with van der Waals surface area (Å²) < 4.78 is 39.9. The number of aromatic nitrogens is 6. The van der Waals surface area contributed by atoms with E-state index in [4.69, 9.17) is 30.9 Å². The van der Waals surface area contributed by atoms with E-state index in [1.807, 2.05) is 0 Å². The lowest BCUT2D eigenvalue weighted by Gasteiger charge is -2.37. The summed E-state index contributed by atoms with van der Waals surface area (Å²) in [4.78, 5) is 52.5. The molecule has 254 valence electrons. The molecule has 0 spiro atoms. The molecule has 1 unspecified atom stereocenters. The van der Waals surface area contributed by atoms with Gasteiger partial charge >= 0.3 is 0 Å². The average molecular weight is 691 g/mol. The molecule has 0 aromatic carbocycles. The number of hydrogen-bond acceptors (Lipinski definition) is 16. The molecular formula is C30H30N8O10Si. The Bertz CT molecular complexity index is 2130. The van der Waals surface area contributed by atoms with Crippen molar-refractivity contribution in [2.24, 2.45) is 0 Å².